The van der Waals surface area contributed by atoms with Crippen LogP contribution in [-0.4, -0.2) is 24.8 Å². The lowest BCUT2D eigenvalue weighted by atomic mass is 10.2. The fourth-order valence-electron chi connectivity index (χ4n) is 3.12. The molecule has 0 saturated carbocycles. The Morgan fingerprint density at radius 1 is 1.00 bits per heavy atom. The molecule has 0 radical (unpaired) electrons. The zero-order chi connectivity index (χ0) is 17.2. The molecule has 5 heteroatoms. The van der Waals surface area contributed by atoms with Crippen molar-refractivity contribution in [3.8, 4) is 11.4 Å². The average molecular weight is 355 g/mol. The largest absolute Gasteiger partial charge is 0.497 e. The van der Waals surface area contributed by atoms with Crippen LogP contribution in [0.3, 0.4) is 0 Å². The molecule has 25 heavy (non-hydrogen) atoms. The molecule has 1 saturated heterocycles. The molecule has 0 aliphatic carbocycles. The van der Waals surface area contributed by atoms with Crippen molar-refractivity contribution in [2.24, 2.45) is 0 Å². The molecule has 0 bridgehead atoms. The van der Waals surface area contributed by atoms with Crippen LogP contribution in [0, 0.1) is 0 Å². The summed E-state index contributed by atoms with van der Waals surface area (Å²) in [6.45, 7) is 1.58. The lowest BCUT2D eigenvalue weighted by Crippen LogP contribution is -2.22. The summed E-state index contributed by atoms with van der Waals surface area (Å²) in [6.07, 6.45) is 4.07. The van der Waals surface area contributed by atoms with E-state index in [1.54, 1.807) is 7.11 Å². The summed E-state index contributed by atoms with van der Waals surface area (Å²) in [5.41, 5.74) is 3.33. The molecule has 0 amide bonds. The Bertz CT molecular complexity index is 843. The highest BCUT2D eigenvalue weighted by molar-refractivity contribution is 6.30. The summed E-state index contributed by atoms with van der Waals surface area (Å²) in [5, 5.41) is 0.737. The highest BCUT2D eigenvalue weighted by Gasteiger charge is 2.28. The SMILES string of the molecule is COc1ccc(N2CCOC2c2ccn(-c3ccc(Cl)cc3)c2)cc1. The van der Waals surface area contributed by atoms with Crippen LogP contribution in [0.1, 0.15) is 11.8 Å². The van der Waals surface area contributed by atoms with Crippen molar-refractivity contribution in [3.63, 3.8) is 0 Å². The Balaban J connectivity index is 1.59. The molecule has 1 aliphatic rings. The number of aromatic nitrogens is 1. The van der Waals surface area contributed by atoms with Crippen LogP contribution in [0.5, 0.6) is 5.75 Å². The van der Waals surface area contributed by atoms with Gasteiger partial charge in [-0.1, -0.05) is 11.6 Å². The number of hydrogen-bond acceptors (Lipinski definition) is 3. The average Bonchev–Trinajstić information content (AvgIpc) is 3.31. The number of anilines is 1. The molecule has 4 nitrogen and oxygen atoms in total. The van der Waals surface area contributed by atoms with Crippen molar-refractivity contribution >= 4 is 17.3 Å². The van der Waals surface area contributed by atoms with E-state index < -0.39 is 0 Å². The molecule has 3 aromatic rings. The maximum atomic E-state index is 5.99. The second-order valence-corrected chi connectivity index (χ2v) is 6.38. The first-order valence-corrected chi connectivity index (χ1v) is 8.58. The number of methoxy groups -OCH3 is 1. The van der Waals surface area contributed by atoms with Gasteiger partial charge in [0.1, 0.15) is 5.75 Å². The van der Waals surface area contributed by atoms with E-state index in [-0.39, 0.29) is 6.23 Å². The molecular weight excluding hydrogens is 336 g/mol. The highest BCUT2D eigenvalue weighted by atomic mass is 35.5. The van der Waals surface area contributed by atoms with E-state index in [0.717, 1.165) is 34.3 Å². The fraction of sp³-hybridized carbons (Fsp3) is 0.200. The van der Waals surface area contributed by atoms with E-state index in [1.165, 1.54) is 0 Å². The summed E-state index contributed by atoms with van der Waals surface area (Å²) in [7, 11) is 1.68. The van der Waals surface area contributed by atoms with Gasteiger partial charge in [0.2, 0.25) is 0 Å². The Labute approximate surface area is 152 Å². The molecule has 1 unspecified atom stereocenters. The summed E-state index contributed by atoms with van der Waals surface area (Å²) in [5.74, 6) is 0.856. The molecule has 1 fully saturated rings. The number of ether oxygens (including phenoxy) is 2. The third kappa shape index (κ3) is 3.23. The quantitative estimate of drug-likeness (QED) is 0.681. The van der Waals surface area contributed by atoms with Crippen LogP contribution < -0.4 is 9.64 Å². The normalized spacial score (nSPS) is 17.0. The van der Waals surface area contributed by atoms with Crippen molar-refractivity contribution in [2.45, 2.75) is 6.23 Å². The molecule has 128 valence electrons. The zero-order valence-electron chi connectivity index (χ0n) is 13.9. The van der Waals surface area contributed by atoms with E-state index in [0.29, 0.717) is 6.61 Å². The first kappa shape index (κ1) is 16.1. The third-order valence-electron chi connectivity index (χ3n) is 4.42. The standard InChI is InChI=1S/C20H19ClN2O2/c1-24-19-8-6-18(7-9-19)23-12-13-25-20(23)15-10-11-22(14-15)17-4-2-16(21)3-5-17/h2-11,14,20H,12-13H2,1H3. The number of rotatable bonds is 4. The maximum Gasteiger partial charge on any atom is 0.158 e. The van der Waals surface area contributed by atoms with Gasteiger partial charge < -0.3 is 18.9 Å². The molecule has 1 aliphatic heterocycles. The van der Waals surface area contributed by atoms with Crippen molar-refractivity contribution < 1.29 is 9.47 Å². The van der Waals surface area contributed by atoms with Gasteiger partial charge in [-0.25, -0.2) is 0 Å². The molecule has 4 rings (SSSR count). The first-order valence-electron chi connectivity index (χ1n) is 8.21. The van der Waals surface area contributed by atoms with Crippen LogP contribution >= 0.6 is 11.6 Å². The van der Waals surface area contributed by atoms with Gasteiger partial charge in [0.25, 0.3) is 0 Å². The monoisotopic (exact) mass is 354 g/mol. The van der Waals surface area contributed by atoms with Crippen molar-refractivity contribution in [2.75, 3.05) is 25.2 Å². The summed E-state index contributed by atoms with van der Waals surface area (Å²) in [4.78, 5) is 2.26. The summed E-state index contributed by atoms with van der Waals surface area (Å²) < 4.78 is 13.3. The smallest absolute Gasteiger partial charge is 0.158 e. The fourth-order valence-corrected chi connectivity index (χ4v) is 3.24. The minimum absolute atomic E-state index is 0.0815. The lowest BCUT2D eigenvalue weighted by Gasteiger charge is -2.24. The Morgan fingerprint density at radius 2 is 1.72 bits per heavy atom. The summed E-state index contributed by atoms with van der Waals surface area (Å²) in [6, 6.07) is 18.0. The second-order valence-electron chi connectivity index (χ2n) is 5.94. The minimum Gasteiger partial charge on any atom is -0.497 e. The molecule has 0 spiro atoms. The van der Waals surface area contributed by atoms with E-state index in [9.17, 15) is 0 Å². The van der Waals surface area contributed by atoms with Gasteiger partial charge in [0.05, 0.1) is 13.7 Å². The zero-order valence-corrected chi connectivity index (χ0v) is 14.7. The van der Waals surface area contributed by atoms with Gasteiger partial charge in [0.15, 0.2) is 6.23 Å². The highest BCUT2D eigenvalue weighted by Crippen LogP contribution is 2.33. The van der Waals surface area contributed by atoms with Gasteiger partial charge in [-0.15, -0.1) is 0 Å². The predicted octanol–water partition coefficient (Wildman–Crippen LogP) is 4.67. The van der Waals surface area contributed by atoms with Crippen molar-refractivity contribution in [1.82, 2.24) is 4.57 Å². The molecule has 2 heterocycles. The summed E-state index contributed by atoms with van der Waals surface area (Å²) >= 11 is 5.97. The molecule has 2 aromatic carbocycles. The van der Waals surface area contributed by atoms with E-state index in [2.05, 4.69) is 33.9 Å². The van der Waals surface area contributed by atoms with E-state index >= 15 is 0 Å². The van der Waals surface area contributed by atoms with Gasteiger partial charge >= 0.3 is 0 Å². The third-order valence-corrected chi connectivity index (χ3v) is 4.67. The van der Waals surface area contributed by atoms with Crippen LogP contribution in [-0.2, 0) is 4.74 Å². The van der Waals surface area contributed by atoms with Gasteiger partial charge in [-0.05, 0) is 54.6 Å². The number of nitrogens with zero attached hydrogens (tertiary/aromatic N) is 2. The van der Waals surface area contributed by atoms with E-state index in [1.807, 2.05) is 42.6 Å². The van der Waals surface area contributed by atoms with Crippen LogP contribution in [0.2, 0.25) is 5.02 Å². The number of halogens is 1. The van der Waals surface area contributed by atoms with Gasteiger partial charge in [0, 0.05) is 40.9 Å². The molecule has 0 N–H and O–H groups in total. The maximum absolute atomic E-state index is 5.99. The molecule has 1 aromatic heterocycles. The van der Waals surface area contributed by atoms with E-state index in [4.69, 9.17) is 21.1 Å². The second kappa shape index (κ2) is 6.82. The van der Waals surface area contributed by atoms with Crippen LogP contribution in [0.4, 0.5) is 5.69 Å². The predicted molar refractivity (Wildman–Crippen MR) is 99.8 cm³/mol. The van der Waals surface area contributed by atoms with Crippen LogP contribution in [0.25, 0.3) is 5.69 Å². The van der Waals surface area contributed by atoms with Crippen molar-refractivity contribution in [1.29, 1.82) is 0 Å². The number of benzene rings is 2. The lowest BCUT2D eigenvalue weighted by molar-refractivity contribution is 0.114. The van der Waals surface area contributed by atoms with Crippen LogP contribution in [0.15, 0.2) is 67.0 Å². The van der Waals surface area contributed by atoms with Gasteiger partial charge in [-0.2, -0.15) is 0 Å². The Morgan fingerprint density at radius 3 is 2.44 bits per heavy atom. The Kier molecular flexibility index (Phi) is 4.38. The van der Waals surface area contributed by atoms with Gasteiger partial charge in [-0.3, -0.25) is 0 Å². The molecular formula is C20H19ClN2O2. The first-order chi connectivity index (χ1) is 12.2. The van der Waals surface area contributed by atoms with Crippen molar-refractivity contribution in [3.05, 3.63) is 77.6 Å². The number of hydrogen-bond donors (Lipinski definition) is 0. The Hall–Kier alpha value is -2.43. The molecule has 1 atom stereocenters. The topological polar surface area (TPSA) is 26.6 Å². The minimum atomic E-state index is -0.0815.